The summed E-state index contributed by atoms with van der Waals surface area (Å²) in [6, 6.07) is 7.69. The molecule has 0 N–H and O–H groups in total. The van der Waals surface area contributed by atoms with Gasteiger partial charge in [0, 0.05) is 0 Å². The summed E-state index contributed by atoms with van der Waals surface area (Å²) in [6.07, 6.45) is 24.8. The van der Waals surface area contributed by atoms with Crippen LogP contribution < -0.4 is 0 Å². The maximum Gasteiger partial charge on any atom is -0.0159 e. The SMILES string of the molecule is CCCCCCCC1CCC2CC(c3ccc4c(c3)CCC(CCC)C4)CCC2C1. The van der Waals surface area contributed by atoms with Gasteiger partial charge in [-0.2, -0.15) is 0 Å². The molecule has 0 radical (unpaired) electrons. The van der Waals surface area contributed by atoms with E-state index in [0.29, 0.717) is 0 Å². The van der Waals surface area contributed by atoms with Crippen molar-refractivity contribution >= 4 is 0 Å². The fourth-order valence-corrected chi connectivity index (χ4v) is 7.35. The molecule has 0 heterocycles. The van der Waals surface area contributed by atoms with Crippen LogP contribution in [0.4, 0.5) is 0 Å². The van der Waals surface area contributed by atoms with E-state index in [-0.39, 0.29) is 0 Å². The molecule has 1 aromatic carbocycles. The molecule has 5 unspecified atom stereocenters. The molecule has 0 spiro atoms. The largest absolute Gasteiger partial charge is 0.0654 e. The van der Waals surface area contributed by atoms with Crippen molar-refractivity contribution in [3.63, 3.8) is 0 Å². The zero-order valence-corrected chi connectivity index (χ0v) is 20.1. The number of rotatable bonds is 9. The molecule has 2 fully saturated rings. The fourth-order valence-electron chi connectivity index (χ4n) is 7.35. The molecule has 168 valence electrons. The predicted molar refractivity (Wildman–Crippen MR) is 131 cm³/mol. The van der Waals surface area contributed by atoms with Crippen LogP contribution in [0.2, 0.25) is 0 Å². The van der Waals surface area contributed by atoms with Gasteiger partial charge >= 0.3 is 0 Å². The Balaban J connectivity index is 1.26. The molecule has 2 saturated carbocycles. The highest BCUT2D eigenvalue weighted by atomic mass is 14.4. The maximum atomic E-state index is 2.64. The average molecular weight is 409 g/mol. The number of fused-ring (bicyclic) bond motifs is 2. The van der Waals surface area contributed by atoms with Crippen molar-refractivity contribution in [1.29, 1.82) is 0 Å². The minimum atomic E-state index is 0.857. The first-order valence-electron chi connectivity index (χ1n) is 13.9. The molecule has 5 atom stereocenters. The van der Waals surface area contributed by atoms with E-state index in [2.05, 4.69) is 32.0 Å². The van der Waals surface area contributed by atoms with Crippen LogP contribution in [0.1, 0.15) is 133 Å². The van der Waals surface area contributed by atoms with E-state index >= 15 is 0 Å². The number of benzene rings is 1. The van der Waals surface area contributed by atoms with E-state index in [9.17, 15) is 0 Å². The third-order valence-corrected chi connectivity index (χ3v) is 9.17. The average Bonchev–Trinajstić information content (AvgIpc) is 2.78. The lowest BCUT2D eigenvalue weighted by molar-refractivity contribution is 0.113. The van der Waals surface area contributed by atoms with E-state index in [1.54, 1.807) is 23.1 Å². The van der Waals surface area contributed by atoms with Crippen molar-refractivity contribution in [3.8, 4) is 0 Å². The van der Waals surface area contributed by atoms with Gasteiger partial charge in [0.15, 0.2) is 0 Å². The van der Waals surface area contributed by atoms with Crippen molar-refractivity contribution in [2.45, 2.75) is 129 Å². The van der Waals surface area contributed by atoms with Gasteiger partial charge in [-0.25, -0.2) is 0 Å². The maximum absolute atomic E-state index is 2.64. The minimum absolute atomic E-state index is 0.857. The van der Waals surface area contributed by atoms with Gasteiger partial charge in [0.25, 0.3) is 0 Å². The lowest BCUT2D eigenvalue weighted by Gasteiger charge is -2.42. The molecule has 3 aliphatic rings. The standard InChI is InChI=1S/C30H48/c1-3-5-6-7-8-10-24-12-14-28-22-30(18-16-26(28)20-24)29-17-15-25-19-23(9-4-2)11-13-27(25)21-29/h15,17,21,23-24,26,28,30H,3-14,16,18-20,22H2,1-2H3. The number of aryl methyl sites for hydroxylation is 1. The van der Waals surface area contributed by atoms with Crippen LogP contribution in [-0.4, -0.2) is 0 Å². The van der Waals surface area contributed by atoms with Crippen LogP contribution in [0.25, 0.3) is 0 Å². The molecule has 0 saturated heterocycles. The van der Waals surface area contributed by atoms with E-state index in [4.69, 9.17) is 0 Å². The Labute approximate surface area is 187 Å². The van der Waals surface area contributed by atoms with Crippen molar-refractivity contribution in [2.75, 3.05) is 0 Å². The summed E-state index contributed by atoms with van der Waals surface area (Å²) in [6.45, 7) is 4.67. The van der Waals surface area contributed by atoms with Crippen molar-refractivity contribution in [1.82, 2.24) is 0 Å². The van der Waals surface area contributed by atoms with Crippen molar-refractivity contribution in [2.24, 2.45) is 23.7 Å². The molecule has 3 aliphatic carbocycles. The van der Waals surface area contributed by atoms with E-state index in [0.717, 1.165) is 29.6 Å². The van der Waals surface area contributed by atoms with Gasteiger partial charge in [-0.15, -0.1) is 0 Å². The lowest BCUT2D eigenvalue weighted by Crippen LogP contribution is -2.30. The summed E-state index contributed by atoms with van der Waals surface area (Å²) in [5.41, 5.74) is 5.07. The summed E-state index contributed by atoms with van der Waals surface area (Å²) < 4.78 is 0. The summed E-state index contributed by atoms with van der Waals surface area (Å²) >= 11 is 0. The monoisotopic (exact) mass is 408 g/mol. The molecule has 30 heavy (non-hydrogen) atoms. The highest BCUT2D eigenvalue weighted by Gasteiger charge is 2.36. The Morgan fingerprint density at radius 1 is 0.700 bits per heavy atom. The molecule has 0 amide bonds. The van der Waals surface area contributed by atoms with Gasteiger partial charge in [-0.3, -0.25) is 0 Å². The van der Waals surface area contributed by atoms with Gasteiger partial charge in [0.1, 0.15) is 0 Å². The van der Waals surface area contributed by atoms with Gasteiger partial charge < -0.3 is 0 Å². The van der Waals surface area contributed by atoms with Crippen LogP contribution in [0.3, 0.4) is 0 Å². The number of unbranched alkanes of at least 4 members (excludes halogenated alkanes) is 4. The normalized spacial score (nSPS) is 31.2. The predicted octanol–water partition coefficient (Wildman–Crippen LogP) is 9.25. The second-order valence-corrected chi connectivity index (χ2v) is 11.3. The number of hydrogen-bond donors (Lipinski definition) is 0. The molecular weight excluding hydrogens is 360 g/mol. The van der Waals surface area contributed by atoms with Gasteiger partial charge in [0.05, 0.1) is 0 Å². The highest BCUT2D eigenvalue weighted by Crippen LogP contribution is 2.48. The molecule has 4 rings (SSSR count). The summed E-state index contributed by atoms with van der Waals surface area (Å²) in [5, 5.41) is 0. The zero-order valence-electron chi connectivity index (χ0n) is 20.1. The van der Waals surface area contributed by atoms with Crippen LogP contribution in [0, 0.1) is 23.7 Å². The first kappa shape index (κ1) is 22.4. The molecule has 0 bridgehead atoms. The summed E-state index contributed by atoms with van der Waals surface area (Å²) in [4.78, 5) is 0. The van der Waals surface area contributed by atoms with Crippen LogP contribution in [0.5, 0.6) is 0 Å². The van der Waals surface area contributed by atoms with Gasteiger partial charge in [-0.1, -0.05) is 89.8 Å². The van der Waals surface area contributed by atoms with Crippen molar-refractivity contribution in [3.05, 3.63) is 34.9 Å². The first-order chi connectivity index (χ1) is 14.8. The van der Waals surface area contributed by atoms with Crippen LogP contribution in [-0.2, 0) is 12.8 Å². The Morgan fingerprint density at radius 2 is 1.53 bits per heavy atom. The minimum Gasteiger partial charge on any atom is -0.0654 e. The third kappa shape index (κ3) is 5.72. The van der Waals surface area contributed by atoms with Crippen LogP contribution >= 0.6 is 0 Å². The molecule has 1 aromatic rings. The third-order valence-electron chi connectivity index (χ3n) is 9.17. The first-order valence-corrected chi connectivity index (χ1v) is 13.9. The Bertz CT molecular complexity index is 643. The van der Waals surface area contributed by atoms with E-state index in [1.165, 1.54) is 103 Å². The Morgan fingerprint density at radius 3 is 2.40 bits per heavy atom. The van der Waals surface area contributed by atoms with E-state index < -0.39 is 0 Å². The lowest BCUT2D eigenvalue weighted by atomic mass is 9.63. The number of hydrogen-bond acceptors (Lipinski definition) is 0. The van der Waals surface area contributed by atoms with Gasteiger partial charge in [-0.05, 0) is 97.6 Å². The summed E-state index contributed by atoms with van der Waals surface area (Å²) in [7, 11) is 0. The molecule has 0 aromatic heterocycles. The quantitative estimate of drug-likeness (QED) is 0.357. The van der Waals surface area contributed by atoms with Crippen LogP contribution in [0.15, 0.2) is 18.2 Å². The van der Waals surface area contributed by atoms with Crippen molar-refractivity contribution < 1.29 is 0 Å². The Kier molecular flexibility index (Phi) is 8.36. The molecule has 0 nitrogen and oxygen atoms in total. The Hall–Kier alpha value is -0.780. The molecular formula is C30H48. The van der Waals surface area contributed by atoms with Gasteiger partial charge in [0.2, 0.25) is 0 Å². The molecule has 0 aliphatic heterocycles. The second-order valence-electron chi connectivity index (χ2n) is 11.3. The second kappa shape index (κ2) is 11.2. The fraction of sp³-hybridized carbons (Fsp3) is 0.800. The molecule has 0 heteroatoms. The highest BCUT2D eigenvalue weighted by molar-refractivity contribution is 5.36. The van der Waals surface area contributed by atoms with E-state index in [1.807, 2.05) is 0 Å². The summed E-state index contributed by atoms with van der Waals surface area (Å²) in [5.74, 6) is 4.96. The zero-order chi connectivity index (χ0) is 20.8. The topological polar surface area (TPSA) is 0 Å². The smallest absolute Gasteiger partial charge is 0.0159 e.